The summed E-state index contributed by atoms with van der Waals surface area (Å²) >= 11 is 1.57. The van der Waals surface area contributed by atoms with Crippen LogP contribution >= 0.6 is 11.3 Å². The topological polar surface area (TPSA) is 94.3 Å². The second-order valence-corrected chi connectivity index (χ2v) is 6.20. The Morgan fingerprint density at radius 1 is 1.28 bits per heavy atom. The van der Waals surface area contributed by atoms with E-state index in [9.17, 15) is 9.59 Å². The Balaban J connectivity index is 1.60. The van der Waals surface area contributed by atoms with Gasteiger partial charge in [0.25, 0.3) is 5.91 Å². The number of carbonyl (C=O) groups excluding carboxylic acids is 2. The predicted molar refractivity (Wildman–Crippen MR) is 92.4 cm³/mol. The number of pyridine rings is 1. The zero-order chi connectivity index (χ0) is 17.8. The number of amides is 1. The molecule has 0 aliphatic rings. The summed E-state index contributed by atoms with van der Waals surface area (Å²) in [5.41, 5.74) is 1.66. The number of nitrogens with one attached hydrogen (secondary N) is 1. The van der Waals surface area contributed by atoms with Crippen molar-refractivity contribution in [2.75, 3.05) is 11.9 Å². The van der Waals surface area contributed by atoms with Crippen molar-refractivity contribution in [2.45, 2.75) is 13.8 Å². The Bertz CT molecular complexity index is 903. The zero-order valence-electron chi connectivity index (χ0n) is 13.6. The number of ether oxygens (including phenoxy) is 1. The molecule has 3 heterocycles. The fourth-order valence-corrected chi connectivity index (χ4v) is 2.85. The number of carbonyl (C=O) groups is 2. The van der Waals surface area contributed by atoms with E-state index in [1.807, 2.05) is 17.5 Å². The van der Waals surface area contributed by atoms with Crippen LogP contribution in [0, 0.1) is 13.8 Å². The van der Waals surface area contributed by atoms with Gasteiger partial charge < -0.3 is 14.6 Å². The molecule has 0 spiro atoms. The van der Waals surface area contributed by atoms with Crippen LogP contribution in [0.5, 0.6) is 0 Å². The molecule has 1 N–H and O–H groups in total. The lowest BCUT2D eigenvalue weighted by molar-refractivity contribution is -0.119. The Morgan fingerprint density at radius 2 is 2.12 bits per heavy atom. The van der Waals surface area contributed by atoms with Crippen LogP contribution < -0.4 is 5.32 Å². The van der Waals surface area contributed by atoms with Crippen molar-refractivity contribution in [3.63, 3.8) is 0 Å². The van der Waals surface area contributed by atoms with E-state index in [0.29, 0.717) is 17.0 Å². The lowest BCUT2D eigenvalue weighted by atomic mass is 10.2. The molecule has 0 saturated heterocycles. The van der Waals surface area contributed by atoms with Crippen LogP contribution in [0.3, 0.4) is 0 Å². The van der Waals surface area contributed by atoms with Crippen molar-refractivity contribution in [3.8, 4) is 10.6 Å². The number of nitrogens with zero attached hydrogens (tertiary/aromatic N) is 2. The molecule has 0 aliphatic carbocycles. The largest absolute Gasteiger partial charge is 0.452 e. The van der Waals surface area contributed by atoms with Gasteiger partial charge in [-0.2, -0.15) is 0 Å². The standard InChI is InChI=1S/C17H15N3O4S/c1-10-8-15(20-24-10)19-16(21)9-23-17(22)12-5-6-13(18-11(12)2)14-4-3-7-25-14/h3-8H,9H2,1-2H3,(H,19,20,21). The van der Waals surface area contributed by atoms with E-state index in [-0.39, 0.29) is 5.82 Å². The minimum atomic E-state index is -0.603. The molecule has 25 heavy (non-hydrogen) atoms. The number of esters is 1. The second kappa shape index (κ2) is 7.27. The summed E-state index contributed by atoms with van der Waals surface area (Å²) in [6.45, 7) is 3.01. The lowest BCUT2D eigenvalue weighted by Gasteiger charge is -2.07. The van der Waals surface area contributed by atoms with Crippen molar-refractivity contribution in [2.24, 2.45) is 0 Å². The normalized spacial score (nSPS) is 10.5. The number of aryl methyl sites for hydroxylation is 2. The molecule has 0 radical (unpaired) electrons. The summed E-state index contributed by atoms with van der Waals surface area (Å²) in [5, 5.41) is 8.07. The van der Waals surface area contributed by atoms with Crippen molar-refractivity contribution >= 4 is 29.0 Å². The molecule has 0 atom stereocenters. The van der Waals surface area contributed by atoms with Gasteiger partial charge in [-0.1, -0.05) is 11.2 Å². The van der Waals surface area contributed by atoms with Crippen LogP contribution in [0.2, 0.25) is 0 Å². The van der Waals surface area contributed by atoms with Crippen molar-refractivity contribution < 1.29 is 18.8 Å². The lowest BCUT2D eigenvalue weighted by Crippen LogP contribution is -2.21. The number of hydrogen-bond acceptors (Lipinski definition) is 7. The van der Waals surface area contributed by atoms with Gasteiger partial charge in [0.15, 0.2) is 12.4 Å². The molecule has 7 nitrogen and oxygen atoms in total. The average Bonchev–Trinajstić information content (AvgIpc) is 3.24. The van der Waals surface area contributed by atoms with Gasteiger partial charge in [0, 0.05) is 6.07 Å². The van der Waals surface area contributed by atoms with E-state index >= 15 is 0 Å². The molecule has 3 aromatic rings. The van der Waals surface area contributed by atoms with Crippen LogP contribution in [-0.4, -0.2) is 28.6 Å². The SMILES string of the molecule is Cc1cc(NC(=O)COC(=O)c2ccc(-c3cccs3)nc2C)no1. The van der Waals surface area contributed by atoms with Gasteiger partial charge >= 0.3 is 5.97 Å². The first-order valence-electron chi connectivity index (χ1n) is 7.45. The van der Waals surface area contributed by atoms with Gasteiger partial charge in [-0.25, -0.2) is 4.79 Å². The maximum absolute atomic E-state index is 12.2. The summed E-state index contributed by atoms with van der Waals surface area (Å²) in [6, 6.07) is 8.87. The van der Waals surface area contributed by atoms with E-state index in [1.54, 1.807) is 43.4 Å². The summed E-state index contributed by atoms with van der Waals surface area (Å²) in [5.74, 6) is -0.256. The summed E-state index contributed by atoms with van der Waals surface area (Å²) in [4.78, 5) is 29.4. The molecule has 3 aromatic heterocycles. The van der Waals surface area contributed by atoms with Crippen LogP contribution in [0.1, 0.15) is 21.8 Å². The molecule has 0 fully saturated rings. The number of rotatable bonds is 5. The van der Waals surface area contributed by atoms with Crippen LogP contribution in [0.25, 0.3) is 10.6 Å². The highest BCUT2D eigenvalue weighted by atomic mass is 32.1. The fraction of sp³-hybridized carbons (Fsp3) is 0.176. The zero-order valence-corrected chi connectivity index (χ0v) is 14.4. The van der Waals surface area contributed by atoms with Gasteiger partial charge in [-0.15, -0.1) is 11.3 Å². The first-order chi connectivity index (χ1) is 12.0. The Hall–Kier alpha value is -3.00. The summed E-state index contributed by atoms with van der Waals surface area (Å²) < 4.78 is 9.87. The number of hydrogen-bond donors (Lipinski definition) is 1. The Morgan fingerprint density at radius 3 is 2.76 bits per heavy atom. The van der Waals surface area contributed by atoms with E-state index in [4.69, 9.17) is 9.26 Å². The van der Waals surface area contributed by atoms with Crippen LogP contribution in [0.4, 0.5) is 5.82 Å². The molecule has 1 amide bonds. The van der Waals surface area contributed by atoms with Gasteiger partial charge in [0.1, 0.15) is 5.76 Å². The molecule has 128 valence electrons. The highest BCUT2D eigenvalue weighted by Gasteiger charge is 2.15. The number of aromatic nitrogens is 2. The first kappa shape index (κ1) is 16.8. The summed E-state index contributed by atoms with van der Waals surface area (Å²) in [6.07, 6.45) is 0. The molecular weight excluding hydrogens is 342 g/mol. The average molecular weight is 357 g/mol. The third-order valence-electron chi connectivity index (χ3n) is 3.31. The monoisotopic (exact) mass is 357 g/mol. The third-order valence-corrected chi connectivity index (χ3v) is 4.20. The van der Waals surface area contributed by atoms with Gasteiger partial charge in [0.2, 0.25) is 0 Å². The van der Waals surface area contributed by atoms with Gasteiger partial charge in [-0.3, -0.25) is 9.78 Å². The fourth-order valence-electron chi connectivity index (χ4n) is 2.15. The number of thiophene rings is 1. The van der Waals surface area contributed by atoms with Gasteiger partial charge in [0.05, 0.1) is 21.8 Å². The van der Waals surface area contributed by atoms with Crippen molar-refractivity contribution in [1.82, 2.24) is 10.1 Å². The molecule has 3 rings (SSSR count). The molecule has 0 aliphatic heterocycles. The quantitative estimate of drug-likeness (QED) is 0.705. The maximum atomic E-state index is 12.2. The minimum Gasteiger partial charge on any atom is -0.452 e. The van der Waals surface area contributed by atoms with E-state index in [1.165, 1.54) is 0 Å². The predicted octanol–water partition coefficient (Wildman–Crippen LogP) is 3.21. The van der Waals surface area contributed by atoms with Crippen LogP contribution in [-0.2, 0) is 9.53 Å². The van der Waals surface area contributed by atoms with E-state index in [0.717, 1.165) is 10.6 Å². The number of anilines is 1. The first-order valence-corrected chi connectivity index (χ1v) is 8.32. The highest BCUT2D eigenvalue weighted by molar-refractivity contribution is 7.13. The molecule has 8 heteroatoms. The van der Waals surface area contributed by atoms with Gasteiger partial charge in [-0.05, 0) is 37.4 Å². The maximum Gasteiger partial charge on any atom is 0.340 e. The van der Waals surface area contributed by atoms with Crippen molar-refractivity contribution in [1.29, 1.82) is 0 Å². The van der Waals surface area contributed by atoms with E-state index in [2.05, 4.69) is 15.5 Å². The molecule has 0 bridgehead atoms. The highest BCUT2D eigenvalue weighted by Crippen LogP contribution is 2.24. The molecule has 0 saturated carbocycles. The van der Waals surface area contributed by atoms with Crippen molar-refractivity contribution in [3.05, 3.63) is 52.7 Å². The smallest absolute Gasteiger partial charge is 0.340 e. The Labute approximate surface area is 147 Å². The third kappa shape index (κ3) is 4.10. The van der Waals surface area contributed by atoms with Crippen LogP contribution in [0.15, 0.2) is 40.2 Å². The molecule has 0 unspecified atom stereocenters. The summed E-state index contributed by atoms with van der Waals surface area (Å²) in [7, 11) is 0. The Kier molecular flexibility index (Phi) is 4.90. The van der Waals surface area contributed by atoms with E-state index < -0.39 is 18.5 Å². The molecular formula is C17H15N3O4S. The minimum absolute atomic E-state index is 0.275. The molecule has 0 aromatic carbocycles. The second-order valence-electron chi connectivity index (χ2n) is 5.25.